The number of fused-ring (bicyclic) bond motifs is 1. The van der Waals surface area contributed by atoms with Gasteiger partial charge < -0.3 is 35.1 Å². The van der Waals surface area contributed by atoms with Crippen LogP contribution in [0.2, 0.25) is 0 Å². The summed E-state index contributed by atoms with van der Waals surface area (Å²) in [5.41, 5.74) is 3.74. The standard InChI is InChI=1S/C33H37N7O2S.C2HF3O2.CHF3O3S/c1-38-29(8-4-5-15-34)22-40(37-38)28-13-14-30(31(21-28)42-19-18-39-17-16-35-33(39)41)32-36-27(23-43-32)12-10-24-9-11-25-6-2-3-7-26(25)20-24;3-2(4,5)1(6)7;2-1(3,4)8(5,6)7/h2-3,6-7,9,11,13-14,20-23H,4-5,8,10,12,15-19,34H2,1H3;(H,6,7);(H,5,6,7). The average molecular weight is 860 g/mol. The van der Waals surface area contributed by atoms with Crippen molar-refractivity contribution in [3.63, 3.8) is 0 Å². The molecule has 0 radical (unpaired) electrons. The second-order valence-electron chi connectivity index (χ2n) is 12.6. The first-order valence-corrected chi connectivity index (χ1v) is 19.8. The van der Waals surface area contributed by atoms with E-state index in [1.54, 1.807) is 16.2 Å². The molecule has 1 saturated heterocycles. The number of halogens is 6. The molecule has 6 rings (SSSR count). The van der Waals surface area contributed by atoms with E-state index < -0.39 is 27.8 Å². The van der Waals surface area contributed by atoms with Gasteiger partial charge in [0.05, 0.1) is 29.6 Å². The van der Waals surface area contributed by atoms with Gasteiger partial charge >= 0.3 is 17.7 Å². The first-order chi connectivity index (χ1) is 27.3. The van der Waals surface area contributed by atoms with Crippen molar-refractivity contribution in [2.24, 2.45) is 7.05 Å². The van der Waals surface area contributed by atoms with Gasteiger partial charge in [0, 0.05) is 31.0 Å². The molecule has 1 aliphatic heterocycles. The number of carboxylic acid groups (broad SMARTS) is 1. The number of carboxylic acids is 1. The number of aromatic nitrogens is 4. The van der Waals surface area contributed by atoms with Crippen LogP contribution in [0.15, 0.2) is 72.2 Å². The Kier molecular flexibility index (Phi) is 15.6. The van der Waals surface area contributed by atoms with E-state index in [1.807, 2.05) is 22.5 Å². The van der Waals surface area contributed by atoms with Gasteiger partial charge in [0.25, 0.3) is 0 Å². The minimum Gasteiger partial charge on any atom is -0.741 e. The van der Waals surface area contributed by atoms with Gasteiger partial charge in [0.2, 0.25) is 0 Å². The molecule has 0 atom stereocenters. The van der Waals surface area contributed by atoms with Crippen LogP contribution in [0.1, 0.15) is 29.8 Å². The Bertz CT molecular complexity index is 2280. The van der Waals surface area contributed by atoms with Gasteiger partial charge in [-0.15, -0.1) is 20.7 Å². The van der Waals surface area contributed by atoms with Crippen LogP contribution in [0.4, 0.5) is 31.1 Å². The van der Waals surface area contributed by atoms with E-state index in [0.29, 0.717) is 26.2 Å². The van der Waals surface area contributed by atoms with Crippen molar-refractivity contribution in [3.8, 4) is 22.0 Å². The van der Waals surface area contributed by atoms with Crippen molar-refractivity contribution >= 4 is 44.2 Å². The van der Waals surface area contributed by atoms with E-state index in [2.05, 4.69) is 77.2 Å². The number of thiazole rings is 1. The van der Waals surface area contributed by atoms with Gasteiger partial charge in [-0.25, -0.2) is 18.2 Å². The van der Waals surface area contributed by atoms with Crippen LogP contribution in [0.5, 0.6) is 5.75 Å². The molecule has 0 spiro atoms. The predicted octanol–water partition coefficient (Wildman–Crippen LogP) is 3.08. The lowest BCUT2D eigenvalue weighted by Gasteiger charge is -2.16. The molecule has 2 amide bonds. The summed E-state index contributed by atoms with van der Waals surface area (Å²) < 4.78 is 101. The summed E-state index contributed by atoms with van der Waals surface area (Å²) >= 11 is 1.64. The summed E-state index contributed by atoms with van der Waals surface area (Å²) in [7, 11) is -4.11. The molecule has 3 heterocycles. The van der Waals surface area contributed by atoms with E-state index in [1.165, 1.54) is 22.0 Å². The van der Waals surface area contributed by atoms with Crippen LogP contribution in [-0.4, -0.2) is 89.2 Å². The lowest BCUT2D eigenvalue weighted by atomic mass is 10.0. The molecule has 22 heteroatoms. The first-order valence-electron chi connectivity index (χ1n) is 17.5. The number of hydrogen-bond acceptors (Lipinski definition) is 10. The number of carbonyl (C=O) groups excluding carboxylic acids is 2. The number of ether oxygens (including phenoxy) is 1. The summed E-state index contributed by atoms with van der Waals surface area (Å²) in [4.78, 5) is 27.6. The zero-order chi connectivity index (χ0) is 42.7. The van der Waals surface area contributed by atoms with Gasteiger partial charge in [-0.1, -0.05) is 42.5 Å². The van der Waals surface area contributed by atoms with Crippen molar-refractivity contribution in [2.45, 2.75) is 43.8 Å². The largest absolute Gasteiger partial charge is 0.741 e. The van der Waals surface area contributed by atoms with Crippen molar-refractivity contribution in [2.75, 3.05) is 32.8 Å². The third kappa shape index (κ3) is 13.1. The Morgan fingerprint density at radius 2 is 1.71 bits per heavy atom. The molecule has 58 heavy (non-hydrogen) atoms. The maximum Gasteiger partial charge on any atom is 0.485 e. The number of rotatable bonds is 13. The summed E-state index contributed by atoms with van der Waals surface area (Å²) in [6, 6.07) is 21.3. The molecule has 0 saturated carbocycles. The maximum atomic E-state index is 12.0. The molecule has 0 unspecified atom stereocenters. The predicted molar refractivity (Wildman–Crippen MR) is 195 cm³/mol. The quantitative estimate of drug-likeness (QED) is 0.0587. The summed E-state index contributed by atoms with van der Waals surface area (Å²) in [5, 5.41) is 22.0. The normalized spacial score (nSPS) is 13.1. The molecule has 314 valence electrons. The van der Waals surface area contributed by atoms with E-state index in [9.17, 15) is 31.1 Å². The highest BCUT2D eigenvalue weighted by Gasteiger charge is 2.37. The molecule has 14 nitrogen and oxygen atoms in total. The second-order valence-corrected chi connectivity index (χ2v) is 14.9. The number of aliphatic carboxylic acids is 1. The second kappa shape index (κ2) is 19.9. The molecule has 5 aromatic rings. The number of quaternary nitrogens is 1. The van der Waals surface area contributed by atoms with Gasteiger partial charge in [0.1, 0.15) is 30.4 Å². The minimum absolute atomic E-state index is 0.0380. The Balaban J connectivity index is 0.000000422. The Hall–Kier alpha value is -5.32. The molecule has 1 fully saturated rings. The number of unbranched alkanes of at least 4 members (excludes halogenated alkanes) is 1. The summed E-state index contributed by atoms with van der Waals surface area (Å²) in [6.07, 6.45) is 1.85. The number of nitrogens with one attached hydrogen (secondary N) is 1. The first kappa shape index (κ1) is 45.4. The van der Waals surface area contributed by atoms with Crippen LogP contribution < -0.4 is 25.6 Å². The zero-order valence-corrected chi connectivity index (χ0v) is 32.5. The fourth-order valence-electron chi connectivity index (χ4n) is 5.44. The number of urea groups is 1. The molecule has 0 bridgehead atoms. The lowest BCUT2D eigenvalue weighted by molar-refractivity contribution is -0.661. The number of benzene rings is 3. The van der Waals surface area contributed by atoms with E-state index in [4.69, 9.17) is 37.8 Å². The molecular weight excluding hydrogens is 821 g/mol. The van der Waals surface area contributed by atoms with Gasteiger partial charge in [0.15, 0.2) is 27.7 Å². The minimum atomic E-state index is -6.09. The Morgan fingerprint density at radius 1 is 1.02 bits per heavy atom. The zero-order valence-electron chi connectivity index (χ0n) is 30.9. The third-order valence-electron chi connectivity index (χ3n) is 8.42. The summed E-state index contributed by atoms with van der Waals surface area (Å²) in [5.74, 6) is -2.27. The monoisotopic (exact) mass is 859 g/mol. The van der Waals surface area contributed by atoms with E-state index in [-0.39, 0.29) is 6.03 Å². The van der Waals surface area contributed by atoms with Gasteiger partial charge in [-0.05, 0) is 54.2 Å². The SMILES string of the molecule is Cn1n[n+](-c2ccc(-c3nc(CCc4ccc5ccccc5c4)cs3)c(OCCN3CCNC3=O)c2)cc1CCCC[NH3+].O=C([O-])C(F)(F)F.O=S(=O)([O-])C(F)(F)F. The molecule has 4 N–H and O–H groups in total. The number of alkyl halides is 6. The van der Waals surface area contributed by atoms with Crippen molar-refractivity contribution in [1.82, 2.24) is 25.1 Å². The van der Waals surface area contributed by atoms with Crippen molar-refractivity contribution < 1.29 is 69.2 Å². The van der Waals surface area contributed by atoms with Crippen molar-refractivity contribution in [1.29, 1.82) is 0 Å². The number of carbonyl (C=O) groups is 2. The number of hydrogen-bond donors (Lipinski definition) is 2. The van der Waals surface area contributed by atoms with E-state index >= 15 is 0 Å². The van der Waals surface area contributed by atoms with Crippen molar-refractivity contribution in [3.05, 3.63) is 89.2 Å². The fraction of sp³-hybridized carbons (Fsp3) is 0.361. The number of amides is 2. The third-order valence-corrected chi connectivity index (χ3v) is 9.92. The van der Waals surface area contributed by atoms with Crippen LogP contribution in [0, 0.1) is 0 Å². The van der Waals surface area contributed by atoms with Gasteiger partial charge in [-0.3, -0.25) is 0 Å². The van der Waals surface area contributed by atoms with Gasteiger partial charge in [-0.2, -0.15) is 26.3 Å². The smallest absolute Gasteiger partial charge is 0.485 e. The maximum absolute atomic E-state index is 12.0. The molecule has 2 aromatic heterocycles. The highest BCUT2D eigenvalue weighted by atomic mass is 32.2. The number of aryl methyl sites for hydroxylation is 4. The van der Waals surface area contributed by atoms with Crippen LogP contribution in [-0.2, 0) is 41.2 Å². The Morgan fingerprint density at radius 3 is 2.33 bits per heavy atom. The summed E-state index contributed by atoms with van der Waals surface area (Å²) in [6.45, 7) is 3.24. The highest BCUT2D eigenvalue weighted by molar-refractivity contribution is 7.86. The molecule has 1 aliphatic rings. The molecule has 3 aromatic carbocycles. The molecular formula is C36H39F6N7O7S2. The van der Waals surface area contributed by atoms with Crippen LogP contribution >= 0.6 is 11.3 Å². The van der Waals surface area contributed by atoms with E-state index in [0.717, 1.165) is 66.4 Å². The van der Waals surface area contributed by atoms with Crippen LogP contribution in [0.3, 0.4) is 0 Å². The Labute approximate surface area is 332 Å². The fourth-order valence-corrected chi connectivity index (χ4v) is 6.32. The lowest BCUT2D eigenvalue weighted by Crippen LogP contribution is -2.50. The highest BCUT2D eigenvalue weighted by Crippen LogP contribution is 2.34. The topological polar surface area (TPSA) is 201 Å². The number of nitrogens with zero attached hydrogens (tertiary/aromatic N) is 5. The average Bonchev–Trinajstić information content (AvgIpc) is 3.90. The van der Waals surface area contributed by atoms with Crippen LogP contribution in [0.25, 0.3) is 27.0 Å². The molecule has 0 aliphatic carbocycles.